The number of rotatable bonds is 5. The van der Waals surface area contributed by atoms with E-state index in [1.54, 1.807) is 0 Å². The molecule has 1 aliphatic rings. The van der Waals surface area contributed by atoms with Crippen LogP contribution in [0.3, 0.4) is 0 Å². The van der Waals surface area contributed by atoms with Gasteiger partial charge in [0.25, 0.3) is 0 Å². The van der Waals surface area contributed by atoms with Gasteiger partial charge in [0.15, 0.2) is 0 Å². The van der Waals surface area contributed by atoms with E-state index in [4.69, 9.17) is 10.5 Å². The van der Waals surface area contributed by atoms with Crippen LogP contribution in [0.1, 0.15) is 39.5 Å². The Labute approximate surface area is 115 Å². The van der Waals surface area contributed by atoms with E-state index in [2.05, 4.69) is 5.32 Å². The maximum Gasteiger partial charge on any atom is 0.328 e. The highest BCUT2D eigenvalue weighted by Crippen LogP contribution is 2.28. The summed E-state index contributed by atoms with van der Waals surface area (Å²) in [6, 6.07) is -0.551. The third kappa shape index (κ3) is 4.49. The van der Waals surface area contributed by atoms with Crippen molar-refractivity contribution in [3.63, 3.8) is 0 Å². The first kappa shape index (κ1) is 16.0. The van der Waals surface area contributed by atoms with Gasteiger partial charge in [-0.05, 0) is 44.1 Å². The van der Waals surface area contributed by atoms with Crippen LogP contribution < -0.4 is 11.1 Å². The van der Waals surface area contributed by atoms with Gasteiger partial charge in [0, 0.05) is 5.92 Å². The standard InChI is InChI=1S/C14H26N2O3/c1-9(2)12(14(18)19-3)16-13(17)11-6-4-10(8-15)5-7-11/h9-12H,4-8,15H2,1-3H3,(H,16,17)/t10?,11?,12-/m0/s1. The number of carbonyl (C=O) groups is 2. The molecule has 110 valence electrons. The Bertz CT molecular complexity index is 310. The Morgan fingerprint density at radius 2 is 1.84 bits per heavy atom. The average molecular weight is 270 g/mol. The van der Waals surface area contributed by atoms with Crippen LogP contribution in [0.5, 0.6) is 0 Å². The Morgan fingerprint density at radius 1 is 1.26 bits per heavy atom. The summed E-state index contributed by atoms with van der Waals surface area (Å²) in [5.74, 6) is 0.176. The number of methoxy groups -OCH3 is 1. The summed E-state index contributed by atoms with van der Waals surface area (Å²) in [6.45, 7) is 4.49. The van der Waals surface area contributed by atoms with Crippen molar-refractivity contribution < 1.29 is 14.3 Å². The molecule has 0 unspecified atom stereocenters. The fourth-order valence-corrected chi connectivity index (χ4v) is 2.56. The van der Waals surface area contributed by atoms with E-state index in [1.807, 2.05) is 13.8 Å². The fraction of sp³-hybridized carbons (Fsp3) is 0.857. The summed E-state index contributed by atoms with van der Waals surface area (Å²) in [5, 5.41) is 2.82. The van der Waals surface area contributed by atoms with Crippen molar-refractivity contribution in [1.82, 2.24) is 5.32 Å². The highest BCUT2D eigenvalue weighted by molar-refractivity contribution is 5.85. The molecule has 19 heavy (non-hydrogen) atoms. The van der Waals surface area contributed by atoms with Crippen LogP contribution in [0.2, 0.25) is 0 Å². The molecule has 5 heteroatoms. The summed E-state index contributed by atoms with van der Waals surface area (Å²) >= 11 is 0. The van der Waals surface area contributed by atoms with Gasteiger partial charge in [0.1, 0.15) is 6.04 Å². The summed E-state index contributed by atoms with van der Waals surface area (Å²) in [6.07, 6.45) is 3.72. The lowest BCUT2D eigenvalue weighted by Crippen LogP contribution is -2.47. The largest absolute Gasteiger partial charge is 0.467 e. The van der Waals surface area contributed by atoms with Crippen molar-refractivity contribution in [2.45, 2.75) is 45.6 Å². The van der Waals surface area contributed by atoms with Crippen LogP contribution in [0, 0.1) is 17.8 Å². The van der Waals surface area contributed by atoms with E-state index in [0.29, 0.717) is 12.5 Å². The van der Waals surface area contributed by atoms with Crippen molar-refractivity contribution in [1.29, 1.82) is 0 Å². The van der Waals surface area contributed by atoms with E-state index in [-0.39, 0.29) is 23.7 Å². The van der Waals surface area contributed by atoms with Gasteiger partial charge >= 0.3 is 5.97 Å². The minimum atomic E-state index is -0.551. The quantitative estimate of drug-likeness (QED) is 0.732. The fourth-order valence-electron chi connectivity index (χ4n) is 2.56. The maximum atomic E-state index is 12.2. The van der Waals surface area contributed by atoms with Crippen LogP contribution in [0.25, 0.3) is 0 Å². The van der Waals surface area contributed by atoms with E-state index < -0.39 is 6.04 Å². The molecule has 0 aromatic rings. The van der Waals surface area contributed by atoms with Crippen LogP contribution in [-0.4, -0.2) is 31.6 Å². The number of nitrogens with two attached hydrogens (primary N) is 1. The highest BCUT2D eigenvalue weighted by Gasteiger charge is 2.30. The number of amides is 1. The Kier molecular flexibility index (Phi) is 6.28. The van der Waals surface area contributed by atoms with Gasteiger partial charge in [0.05, 0.1) is 7.11 Å². The molecular weight excluding hydrogens is 244 g/mol. The van der Waals surface area contributed by atoms with Crippen molar-refractivity contribution in [3.8, 4) is 0 Å². The zero-order chi connectivity index (χ0) is 14.4. The van der Waals surface area contributed by atoms with Crippen molar-refractivity contribution in [3.05, 3.63) is 0 Å². The molecule has 0 radical (unpaired) electrons. The zero-order valence-electron chi connectivity index (χ0n) is 12.1. The van der Waals surface area contributed by atoms with Gasteiger partial charge < -0.3 is 15.8 Å². The molecule has 1 fully saturated rings. The number of hydrogen-bond donors (Lipinski definition) is 2. The Balaban J connectivity index is 2.51. The van der Waals surface area contributed by atoms with E-state index in [1.165, 1.54) is 7.11 Å². The third-order valence-electron chi connectivity index (χ3n) is 3.97. The minimum absolute atomic E-state index is 0.00806. The third-order valence-corrected chi connectivity index (χ3v) is 3.97. The molecule has 1 atom stereocenters. The van der Waals surface area contributed by atoms with Crippen LogP contribution in [0.15, 0.2) is 0 Å². The van der Waals surface area contributed by atoms with Crippen molar-refractivity contribution >= 4 is 11.9 Å². The van der Waals surface area contributed by atoms with Crippen LogP contribution in [-0.2, 0) is 14.3 Å². The minimum Gasteiger partial charge on any atom is -0.467 e. The second kappa shape index (κ2) is 7.48. The van der Waals surface area contributed by atoms with E-state index in [0.717, 1.165) is 25.7 Å². The summed E-state index contributed by atoms with van der Waals surface area (Å²) in [4.78, 5) is 23.8. The lowest BCUT2D eigenvalue weighted by atomic mass is 9.81. The van der Waals surface area contributed by atoms with Gasteiger partial charge in [-0.15, -0.1) is 0 Å². The Morgan fingerprint density at radius 3 is 2.26 bits per heavy atom. The van der Waals surface area contributed by atoms with Gasteiger partial charge in [-0.2, -0.15) is 0 Å². The van der Waals surface area contributed by atoms with Crippen LogP contribution in [0.4, 0.5) is 0 Å². The molecule has 1 amide bonds. The van der Waals surface area contributed by atoms with E-state index in [9.17, 15) is 9.59 Å². The molecule has 0 heterocycles. The number of ether oxygens (including phenoxy) is 1. The second-order valence-electron chi connectivity index (χ2n) is 5.71. The topological polar surface area (TPSA) is 81.4 Å². The van der Waals surface area contributed by atoms with Gasteiger partial charge in [-0.1, -0.05) is 13.8 Å². The molecule has 5 nitrogen and oxygen atoms in total. The van der Waals surface area contributed by atoms with Crippen molar-refractivity contribution in [2.24, 2.45) is 23.5 Å². The number of nitrogens with one attached hydrogen (secondary N) is 1. The SMILES string of the molecule is COC(=O)[C@@H](NC(=O)C1CCC(CN)CC1)C(C)C. The average Bonchev–Trinajstić information content (AvgIpc) is 2.43. The van der Waals surface area contributed by atoms with Gasteiger partial charge in [0.2, 0.25) is 5.91 Å². The first-order valence-electron chi connectivity index (χ1n) is 7.07. The number of esters is 1. The first-order chi connectivity index (χ1) is 8.99. The number of carbonyl (C=O) groups excluding carboxylic acids is 2. The van der Waals surface area contributed by atoms with Crippen molar-refractivity contribution in [2.75, 3.05) is 13.7 Å². The van der Waals surface area contributed by atoms with Gasteiger partial charge in [-0.3, -0.25) is 4.79 Å². The first-order valence-corrected chi connectivity index (χ1v) is 7.07. The number of hydrogen-bond acceptors (Lipinski definition) is 4. The molecule has 0 aromatic heterocycles. The monoisotopic (exact) mass is 270 g/mol. The van der Waals surface area contributed by atoms with Gasteiger partial charge in [-0.25, -0.2) is 4.79 Å². The summed E-state index contributed by atoms with van der Waals surface area (Å²) in [5.41, 5.74) is 5.64. The molecule has 3 N–H and O–H groups in total. The molecule has 0 bridgehead atoms. The second-order valence-corrected chi connectivity index (χ2v) is 5.71. The molecule has 1 aliphatic carbocycles. The molecule has 0 aliphatic heterocycles. The Hall–Kier alpha value is -1.10. The molecule has 1 rings (SSSR count). The zero-order valence-corrected chi connectivity index (χ0v) is 12.1. The predicted molar refractivity (Wildman–Crippen MR) is 73.3 cm³/mol. The molecule has 0 spiro atoms. The van der Waals surface area contributed by atoms with E-state index >= 15 is 0 Å². The van der Waals surface area contributed by atoms with Crippen LogP contribution >= 0.6 is 0 Å². The predicted octanol–water partition coefficient (Wildman–Crippen LogP) is 1.07. The molecule has 0 saturated heterocycles. The summed E-state index contributed by atoms with van der Waals surface area (Å²) < 4.78 is 4.73. The lowest BCUT2D eigenvalue weighted by molar-refractivity contribution is -0.147. The lowest BCUT2D eigenvalue weighted by Gasteiger charge is -2.28. The summed E-state index contributed by atoms with van der Waals surface area (Å²) in [7, 11) is 1.34. The highest BCUT2D eigenvalue weighted by atomic mass is 16.5. The maximum absolute atomic E-state index is 12.2. The molecule has 1 saturated carbocycles. The smallest absolute Gasteiger partial charge is 0.328 e. The molecule has 0 aromatic carbocycles. The normalized spacial score (nSPS) is 24.9. The molecular formula is C14H26N2O3.